The lowest BCUT2D eigenvalue weighted by Crippen LogP contribution is -2.41. The fraction of sp³-hybridized carbons (Fsp3) is 0.462. The van der Waals surface area contributed by atoms with E-state index in [9.17, 15) is 14.9 Å². The van der Waals surface area contributed by atoms with Crippen molar-refractivity contribution < 1.29 is 14.5 Å². The van der Waals surface area contributed by atoms with Crippen LogP contribution in [0.25, 0.3) is 0 Å². The Morgan fingerprint density at radius 1 is 1.53 bits per heavy atom. The lowest BCUT2D eigenvalue weighted by atomic mass is 10.0. The van der Waals surface area contributed by atoms with E-state index in [-0.39, 0.29) is 11.6 Å². The maximum atomic E-state index is 11.4. The van der Waals surface area contributed by atoms with Gasteiger partial charge in [0.15, 0.2) is 0 Å². The first-order valence-electron chi connectivity index (χ1n) is 6.11. The number of rotatable bonds is 2. The van der Waals surface area contributed by atoms with Crippen LogP contribution in [-0.4, -0.2) is 35.4 Å². The van der Waals surface area contributed by atoms with Gasteiger partial charge in [-0.25, -0.2) is 0 Å². The highest BCUT2D eigenvalue weighted by Crippen LogP contribution is 2.30. The predicted octanol–water partition coefficient (Wildman–Crippen LogP) is 1.82. The van der Waals surface area contributed by atoms with Gasteiger partial charge in [0.2, 0.25) is 5.91 Å². The number of carbonyl (C=O) groups is 1. The van der Waals surface area contributed by atoms with Gasteiger partial charge in [-0.2, -0.15) is 0 Å². The molecule has 1 aliphatic rings. The molecule has 1 atom stereocenters. The molecule has 1 saturated heterocycles. The second-order valence-electron chi connectivity index (χ2n) is 4.64. The van der Waals surface area contributed by atoms with Gasteiger partial charge in [0.05, 0.1) is 23.6 Å². The largest absolute Gasteiger partial charge is 0.370 e. The molecule has 6 nitrogen and oxygen atoms in total. The zero-order valence-electron chi connectivity index (χ0n) is 11.0. The van der Waals surface area contributed by atoms with Gasteiger partial charge < -0.3 is 9.64 Å². The second-order valence-corrected chi connectivity index (χ2v) is 4.64. The van der Waals surface area contributed by atoms with Crippen LogP contribution in [0.3, 0.4) is 0 Å². The minimum absolute atomic E-state index is 0.0383. The topological polar surface area (TPSA) is 72.7 Å². The maximum Gasteiger partial charge on any atom is 0.275 e. The minimum Gasteiger partial charge on any atom is -0.370 e. The summed E-state index contributed by atoms with van der Waals surface area (Å²) in [5.41, 5.74) is 1.51. The van der Waals surface area contributed by atoms with Crippen LogP contribution in [0.1, 0.15) is 24.2 Å². The Kier molecular flexibility index (Phi) is 3.80. The van der Waals surface area contributed by atoms with Crippen molar-refractivity contribution in [1.29, 1.82) is 0 Å². The van der Waals surface area contributed by atoms with E-state index < -0.39 is 11.0 Å². The predicted molar refractivity (Wildman–Crippen MR) is 68.8 cm³/mol. The number of nitro groups is 1. The number of hydrogen-bond acceptors (Lipinski definition) is 4. The summed E-state index contributed by atoms with van der Waals surface area (Å²) in [5.74, 6) is -0.0383. The molecule has 0 spiro atoms. The van der Waals surface area contributed by atoms with Crippen molar-refractivity contribution in [1.82, 2.24) is 4.90 Å². The van der Waals surface area contributed by atoms with Gasteiger partial charge in [0, 0.05) is 19.5 Å². The normalized spacial score (nSPS) is 19.3. The quantitative estimate of drug-likeness (QED) is 0.603. The summed E-state index contributed by atoms with van der Waals surface area (Å²) in [6, 6.07) is 4.94. The molecule has 1 aliphatic heterocycles. The zero-order chi connectivity index (χ0) is 14.0. The molecular formula is C13H16N2O4. The van der Waals surface area contributed by atoms with E-state index in [4.69, 9.17) is 4.74 Å². The van der Waals surface area contributed by atoms with E-state index in [1.165, 1.54) is 13.0 Å². The van der Waals surface area contributed by atoms with Crippen molar-refractivity contribution in [3.05, 3.63) is 39.4 Å². The third kappa shape index (κ3) is 2.90. The van der Waals surface area contributed by atoms with Crippen LogP contribution in [0.4, 0.5) is 5.69 Å². The Morgan fingerprint density at radius 2 is 2.26 bits per heavy atom. The molecule has 0 saturated carbocycles. The number of aryl methyl sites for hydroxylation is 1. The molecular weight excluding hydrogens is 248 g/mol. The molecule has 1 heterocycles. The molecule has 1 aromatic carbocycles. The fourth-order valence-electron chi connectivity index (χ4n) is 2.22. The molecule has 0 N–H and O–H groups in total. The number of benzene rings is 1. The molecule has 2 rings (SSSR count). The molecule has 0 bridgehead atoms. The SMILES string of the molecule is CC(=O)N1CCOC(c2cc(C)ccc2[N+](=O)[O-])C1. The third-order valence-electron chi connectivity index (χ3n) is 3.24. The van der Waals surface area contributed by atoms with Crippen molar-refractivity contribution in [2.24, 2.45) is 0 Å². The fourth-order valence-corrected chi connectivity index (χ4v) is 2.22. The second kappa shape index (κ2) is 5.36. The lowest BCUT2D eigenvalue weighted by Gasteiger charge is -2.32. The van der Waals surface area contributed by atoms with E-state index >= 15 is 0 Å². The highest BCUT2D eigenvalue weighted by atomic mass is 16.6. The molecule has 0 aromatic heterocycles. The van der Waals surface area contributed by atoms with Crippen molar-refractivity contribution >= 4 is 11.6 Å². The number of morpholine rings is 1. The van der Waals surface area contributed by atoms with Gasteiger partial charge in [-0.05, 0) is 13.0 Å². The van der Waals surface area contributed by atoms with Crippen LogP contribution < -0.4 is 0 Å². The molecule has 1 aromatic rings. The maximum absolute atomic E-state index is 11.4. The molecule has 0 aliphatic carbocycles. The summed E-state index contributed by atoms with van der Waals surface area (Å²) >= 11 is 0. The van der Waals surface area contributed by atoms with Crippen LogP contribution in [0, 0.1) is 17.0 Å². The Balaban J connectivity index is 2.32. The van der Waals surface area contributed by atoms with Crippen LogP contribution in [0.5, 0.6) is 0 Å². The van der Waals surface area contributed by atoms with Gasteiger partial charge in [-0.15, -0.1) is 0 Å². The van der Waals surface area contributed by atoms with Gasteiger partial charge in [-0.1, -0.05) is 11.6 Å². The molecule has 1 amide bonds. The molecule has 0 radical (unpaired) electrons. The third-order valence-corrected chi connectivity index (χ3v) is 3.24. The Hall–Kier alpha value is -1.95. The standard InChI is InChI=1S/C13H16N2O4/c1-9-3-4-12(15(17)18)11(7-9)13-8-14(10(2)16)5-6-19-13/h3-4,7,13H,5-6,8H2,1-2H3. The monoisotopic (exact) mass is 264 g/mol. The van der Waals surface area contributed by atoms with E-state index in [2.05, 4.69) is 0 Å². The lowest BCUT2D eigenvalue weighted by molar-refractivity contribution is -0.386. The minimum atomic E-state index is -0.432. The number of ether oxygens (including phenoxy) is 1. The van der Waals surface area contributed by atoms with Gasteiger partial charge >= 0.3 is 0 Å². The molecule has 1 fully saturated rings. The number of amides is 1. The highest BCUT2D eigenvalue weighted by molar-refractivity contribution is 5.73. The number of carbonyl (C=O) groups excluding carboxylic acids is 1. The summed E-state index contributed by atoms with van der Waals surface area (Å²) in [6.07, 6.45) is -0.432. The van der Waals surface area contributed by atoms with Crippen LogP contribution in [-0.2, 0) is 9.53 Å². The molecule has 102 valence electrons. The van der Waals surface area contributed by atoms with Gasteiger partial charge in [0.1, 0.15) is 6.10 Å². The first-order chi connectivity index (χ1) is 8.99. The molecule has 6 heteroatoms. The summed E-state index contributed by atoms with van der Waals surface area (Å²) in [7, 11) is 0. The molecule has 19 heavy (non-hydrogen) atoms. The first kappa shape index (κ1) is 13.5. The van der Waals surface area contributed by atoms with E-state index in [0.29, 0.717) is 25.3 Å². The van der Waals surface area contributed by atoms with E-state index in [1.807, 2.05) is 6.92 Å². The summed E-state index contributed by atoms with van der Waals surface area (Å²) in [4.78, 5) is 23.7. The van der Waals surface area contributed by atoms with Crippen LogP contribution in [0.15, 0.2) is 18.2 Å². The zero-order valence-corrected chi connectivity index (χ0v) is 11.0. The number of nitro benzene ring substituents is 1. The van der Waals surface area contributed by atoms with Crippen molar-refractivity contribution in [2.45, 2.75) is 20.0 Å². The smallest absolute Gasteiger partial charge is 0.275 e. The summed E-state index contributed by atoms with van der Waals surface area (Å²) in [5, 5.41) is 11.1. The summed E-state index contributed by atoms with van der Waals surface area (Å²) < 4.78 is 5.59. The summed E-state index contributed by atoms with van der Waals surface area (Å²) in [6.45, 7) is 4.66. The Labute approximate surface area is 111 Å². The average molecular weight is 264 g/mol. The number of hydrogen-bond donors (Lipinski definition) is 0. The Bertz CT molecular complexity index is 515. The van der Waals surface area contributed by atoms with Crippen LogP contribution >= 0.6 is 0 Å². The van der Waals surface area contributed by atoms with Gasteiger partial charge in [0.25, 0.3) is 5.69 Å². The average Bonchev–Trinajstić information content (AvgIpc) is 2.38. The van der Waals surface area contributed by atoms with Crippen molar-refractivity contribution in [3.63, 3.8) is 0 Å². The van der Waals surface area contributed by atoms with E-state index in [1.54, 1.807) is 17.0 Å². The number of nitrogens with zero attached hydrogens (tertiary/aromatic N) is 2. The molecule has 1 unspecified atom stereocenters. The first-order valence-corrected chi connectivity index (χ1v) is 6.11. The highest BCUT2D eigenvalue weighted by Gasteiger charge is 2.28. The van der Waals surface area contributed by atoms with Crippen molar-refractivity contribution in [3.8, 4) is 0 Å². The Morgan fingerprint density at radius 3 is 2.89 bits per heavy atom. The van der Waals surface area contributed by atoms with Gasteiger partial charge in [-0.3, -0.25) is 14.9 Å². The van der Waals surface area contributed by atoms with Crippen LogP contribution in [0.2, 0.25) is 0 Å². The van der Waals surface area contributed by atoms with Crippen molar-refractivity contribution in [2.75, 3.05) is 19.7 Å². The van der Waals surface area contributed by atoms with E-state index in [0.717, 1.165) is 5.56 Å².